The number of rotatable bonds is 7. The van der Waals surface area contributed by atoms with Crippen molar-refractivity contribution in [1.82, 2.24) is 15.1 Å². The number of nitrogens with zero attached hydrogens (tertiary/aromatic N) is 2. The van der Waals surface area contributed by atoms with Crippen LogP contribution < -0.4 is 20.3 Å². The smallest absolute Gasteiger partial charge is 0.271 e. The third-order valence-electron chi connectivity index (χ3n) is 4.56. The summed E-state index contributed by atoms with van der Waals surface area (Å²) in [4.78, 5) is 25.1. The molecular weight excluding hydrogens is 370 g/mol. The minimum atomic E-state index is -0.783. The summed E-state index contributed by atoms with van der Waals surface area (Å²) in [5, 5.41) is 7.26. The van der Waals surface area contributed by atoms with Crippen LogP contribution in [0.4, 0.5) is 0 Å². The number of ether oxygens (including phenoxy) is 2. The van der Waals surface area contributed by atoms with Gasteiger partial charge in [0.1, 0.15) is 17.5 Å². The molecule has 1 heterocycles. The zero-order chi connectivity index (χ0) is 20.8. The van der Waals surface area contributed by atoms with Crippen molar-refractivity contribution < 1.29 is 14.3 Å². The van der Waals surface area contributed by atoms with Gasteiger partial charge in [-0.25, -0.2) is 4.68 Å². The minimum absolute atomic E-state index is 0.297. The lowest BCUT2D eigenvalue weighted by atomic mass is 10.1. The van der Waals surface area contributed by atoms with E-state index in [1.807, 2.05) is 42.5 Å². The maximum atomic E-state index is 12.6. The normalized spacial score (nSPS) is 11.6. The van der Waals surface area contributed by atoms with E-state index in [0.29, 0.717) is 23.7 Å². The van der Waals surface area contributed by atoms with Crippen LogP contribution in [0.1, 0.15) is 18.5 Å². The summed E-state index contributed by atoms with van der Waals surface area (Å²) in [6.07, 6.45) is 0. The van der Waals surface area contributed by atoms with Gasteiger partial charge >= 0.3 is 0 Å². The van der Waals surface area contributed by atoms with Gasteiger partial charge in [0, 0.05) is 18.2 Å². The lowest BCUT2D eigenvalue weighted by Gasteiger charge is -2.17. The van der Waals surface area contributed by atoms with E-state index in [9.17, 15) is 9.59 Å². The van der Waals surface area contributed by atoms with Crippen molar-refractivity contribution in [2.24, 2.45) is 0 Å². The lowest BCUT2D eigenvalue weighted by Crippen LogP contribution is -2.36. The predicted octanol–water partition coefficient (Wildman–Crippen LogP) is 2.80. The Morgan fingerprint density at radius 3 is 2.38 bits per heavy atom. The SMILES string of the molecule is COc1ccc(-c2nn([C@H](C)C(=O)NCc3ccccc3)c(=O)cc2OC)cc1. The van der Waals surface area contributed by atoms with Gasteiger partial charge in [0.2, 0.25) is 5.91 Å². The summed E-state index contributed by atoms with van der Waals surface area (Å²) in [5.74, 6) is 0.748. The van der Waals surface area contributed by atoms with Crippen molar-refractivity contribution in [3.63, 3.8) is 0 Å². The van der Waals surface area contributed by atoms with E-state index >= 15 is 0 Å². The van der Waals surface area contributed by atoms with E-state index in [4.69, 9.17) is 9.47 Å². The number of carbonyl (C=O) groups is 1. The van der Waals surface area contributed by atoms with Crippen LogP contribution in [-0.2, 0) is 11.3 Å². The van der Waals surface area contributed by atoms with Gasteiger partial charge in [-0.05, 0) is 36.8 Å². The number of methoxy groups -OCH3 is 2. The number of nitrogens with one attached hydrogen (secondary N) is 1. The summed E-state index contributed by atoms with van der Waals surface area (Å²) in [7, 11) is 3.06. The Kier molecular flexibility index (Phi) is 6.29. The molecule has 1 atom stereocenters. The van der Waals surface area contributed by atoms with Gasteiger partial charge in [0.15, 0.2) is 5.75 Å². The molecule has 150 valence electrons. The topological polar surface area (TPSA) is 82.5 Å². The molecule has 2 aromatic carbocycles. The van der Waals surface area contributed by atoms with Gasteiger partial charge in [0.05, 0.1) is 14.2 Å². The van der Waals surface area contributed by atoms with Crippen LogP contribution in [0.3, 0.4) is 0 Å². The molecular formula is C22H23N3O4. The molecule has 1 amide bonds. The number of amides is 1. The van der Waals surface area contributed by atoms with Crippen LogP contribution in [0, 0.1) is 0 Å². The molecule has 0 saturated heterocycles. The van der Waals surface area contributed by atoms with Crippen molar-refractivity contribution >= 4 is 5.91 Å². The molecule has 0 aliphatic carbocycles. The molecule has 0 bridgehead atoms. The maximum absolute atomic E-state index is 12.6. The summed E-state index contributed by atoms with van der Waals surface area (Å²) >= 11 is 0. The largest absolute Gasteiger partial charge is 0.497 e. The van der Waals surface area contributed by atoms with Gasteiger partial charge < -0.3 is 14.8 Å². The van der Waals surface area contributed by atoms with Gasteiger partial charge in [0.25, 0.3) is 5.56 Å². The first-order valence-electron chi connectivity index (χ1n) is 9.17. The summed E-state index contributed by atoms with van der Waals surface area (Å²) in [5.41, 5.74) is 1.77. The molecule has 7 nitrogen and oxygen atoms in total. The van der Waals surface area contributed by atoms with Crippen molar-refractivity contribution in [2.45, 2.75) is 19.5 Å². The highest BCUT2D eigenvalue weighted by Gasteiger charge is 2.20. The Morgan fingerprint density at radius 2 is 1.76 bits per heavy atom. The van der Waals surface area contributed by atoms with Crippen LogP contribution in [0.15, 0.2) is 65.5 Å². The lowest BCUT2D eigenvalue weighted by molar-refractivity contribution is -0.124. The monoisotopic (exact) mass is 393 g/mol. The molecule has 0 unspecified atom stereocenters. The fourth-order valence-electron chi connectivity index (χ4n) is 2.88. The second-order valence-electron chi connectivity index (χ2n) is 6.45. The van der Waals surface area contributed by atoms with Gasteiger partial charge in [-0.3, -0.25) is 9.59 Å². The first-order chi connectivity index (χ1) is 14.0. The van der Waals surface area contributed by atoms with E-state index in [-0.39, 0.29) is 5.91 Å². The van der Waals surface area contributed by atoms with E-state index in [1.165, 1.54) is 17.9 Å². The summed E-state index contributed by atoms with van der Waals surface area (Å²) < 4.78 is 11.7. The Hall–Kier alpha value is -3.61. The molecule has 7 heteroatoms. The van der Waals surface area contributed by atoms with Crippen LogP contribution in [0.25, 0.3) is 11.3 Å². The van der Waals surface area contributed by atoms with Crippen molar-refractivity contribution in [3.05, 3.63) is 76.6 Å². The van der Waals surface area contributed by atoms with Crippen molar-refractivity contribution in [3.8, 4) is 22.8 Å². The quantitative estimate of drug-likeness (QED) is 0.667. The number of carbonyl (C=O) groups excluding carboxylic acids is 1. The molecule has 0 aliphatic rings. The van der Waals surface area contributed by atoms with Gasteiger partial charge in [-0.2, -0.15) is 5.10 Å². The van der Waals surface area contributed by atoms with Crippen LogP contribution in [-0.4, -0.2) is 29.9 Å². The maximum Gasteiger partial charge on any atom is 0.271 e. The molecule has 1 N–H and O–H groups in total. The molecule has 29 heavy (non-hydrogen) atoms. The second kappa shape index (κ2) is 9.05. The fourth-order valence-corrected chi connectivity index (χ4v) is 2.88. The molecule has 0 fully saturated rings. The van der Waals surface area contributed by atoms with E-state index in [1.54, 1.807) is 26.2 Å². The van der Waals surface area contributed by atoms with Crippen LogP contribution in [0.2, 0.25) is 0 Å². The second-order valence-corrected chi connectivity index (χ2v) is 6.45. The third kappa shape index (κ3) is 4.63. The average Bonchev–Trinajstić information content (AvgIpc) is 2.77. The number of hydrogen-bond acceptors (Lipinski definition) is 5. The first-order valence-corrected chi connectivity index (χ1v) is 9.17. The Morgan fingerprint density at radius 1 is 1.07 bits per heavy atom. The van der Waals surface area contributed by atoms with Gasteiger partial charge in [-0.1, -0.05) is 30.3 Å². The Bertz CT molecular complexity index is 1030. The van der Waals surface area contributed by atoms with E-state index in [2.05, 4.69) is 10.4 Å². The molecule has 1 aromatic heterocycles. The molecule has 3 rings (SSSR count). The number of aromatic nitrogens is 2. The zero-order valence-corrected chi connectivity index (χ0v) is 16.6. The van der Waals surface area contributed by atoms with E-state index < -0.39 is 11.6 Å². The van der Waals surface area contributed by atoms with Gasteiger partial charge in [-0.15, -0.1) is 0 Å². The number of benzene rings is 2. The highest BCUT2D eigenvalue weighted by molar-refractivity contribution is 5.79. The fraction of sp³-hybridized carbons (Fsp3) is 0.227. The third-order valence-corrected chi connectivity index (χ3v) is 4.56. The van der Waals surface area contributed by atoms with Crippen LogP contribution in [0.5, 0.6) is 11.5 Å². The molecule has 0 aliphatic heterocycles. The Balaban J connectivity index is 1.87. The van der Waals surface area contributed by atoms with Crippen molar-refractivity contribution in [2.75, 3.05) is 14.2 Å². The summed E-state index contributed by atoms with van der Waals surface area (Å²) in [6, 6.07) is 17.3. The highest BCUT2D eigenvalue weighted by atomic mass is 16.5. The van der Waals surface area contributed by atoms with Crippen molar-refractivity contribution in [1.29, 1.82) is 0 Å². The molecule has 3 aromatic rings. The molecule has 0 saturated carbocycles. The number of hydrogen-bond donors (Lipinski definition) is 1. The average molecular weight is 393 g/mol. The zero-order valence-electron chi connectivity index (χ0n) is 16.6. The summed E-state index contributed by atoms with van der Waals surface area (Å²) in [6.45, 7) is 2.01. The molecule has 0 radical (unpaired) electrons. The predicted molar refractivity (Wildman–Crippen MR) is 110 cm³/mol. The van der Waals surface area contributed by atoms with Crippen LogP contribution >= 0.6 is 0 Å². The van der Waals surface area contributed by atoms with E-state index in [0.717, 1.165) is 11.1 Å². The standard InChI is InChI=1S/C22H23N3O4/c1-15(22(27)23-14-16-7-5-4-6-8-16)25-20(26)13-19(29-3)21(24-25)17-9-11-18(28-2)12-10-17/h4-13,15H,14H2,1-3H3,(H,23,27)/t15-/m1/s1. The minimum Gasteiger partial charge on any atom is -0.497 e. The Labute approximate surface area is 168 Å². The highest BCUT2D eigenvalue weighted by Crippen LogP contribution is 2.28. The molecule has 0 spiro atoms. The first kappa shape index (κ1) is 20.1.